The van der Waals surface area contributed by atoms with Gasteiger partial charge in [0.25, 0.3) is 0 Å². The first-order valence-corrected chi connectivity index (χ1v) is 8.87. The third kappa shape index (κ3) is 3.82. The fraction of sp³-hybridized carbons (Fsp3) is 0.211. The zero-order valence-electron chi connectivity index (χ0n) is 14.6. The van der Waals surface area contributed by atoms with E-state index in [4.69, 9.17) is 16.1 Å². The molecule has 10 heteroatoms. The lowest BCUT2D eigenvalue weighted by Gasteiger charge is -2.16. The van der Waals surface area contributed by atoms with E-state index in [-0.39, 0.29) is 46.9 Å². The second-order valence-electron chi connectivity index (χ2n) is 6.54. The van der Waals surface area contributed by atoms with Crippen LogP contribution in [-0.2, 0) is 11.0 Å². The fourth-order valence-corrected chi connectivity index (χ4v) is 3.32. The summed E-state index contributed by atoms with van der Waals surface area (Å²) < 4.78 is 58.0. The minimum Gasteiger partial charge on any atom is -0.339 e. The number of aromatic nitrogens is 2. The molecule has 0 saturated carbocycles. The number of hydrogen-bond acceptors (Lipinski definition) is 4. The van der Waals surface area contributed by atoms with E-state index in [0.29, 0.717) is 0 Å². The molecule has 0 spiro atoms. The molecule has 1 aliphatic heterocycles. The van der Waals surface area contributed by atoms with Crippen LogP contribution in [0, 0.1) is 5.82 Å². The zero-order valence-corrected chi connectivity index (χ0v) is 15.3. The van der Waals surface area contributed by atoms with Crippen molar-refractivity contribution in [3.8, 4) is 11.4 Å². The maximum atomic E-state index is 14.1. The predicted octanol–water partition coefficient (Wildman–Crippen LogP) is 5.07. The van der Waals surface area contributed by atoms with Crippen LogP contribution in [0.5, 0.6) is 0 Å². The molecule has 1 amide bonds. The molecule has 150 valence electrons. The molecule has 1 saturated heterocycles. The summed E-state index contributed by atoms with van der Waals surface area (Å²) in [6.45, 7) is 0.0988. The third-order valence-corrected chi connectivity index (χ3v) is 4.80. The molecule has 2 heterocycles. The molecule has 1 atom stereocenters. The quantitative estimate of drug-likeness (QED) is 0.550. The second kappa shape index (κ2) is 7.14. The molecule has 1 fully saturated rings. The largest absolute Gasteiger partial charge is 0.416 e. The van der Waals surface area contributed by atoms with Crippen molar-refractivity contribution in [1.82, 2.24) is 10.1 Å². The van der Waals surface area contributed by atoms with Gasteiger partial charge >= 0.3 is 6.18 Å². The standard InChI is InChI=1S/C19H12ClF4N3O2/c20-13-4-5-15(14(21)8-13)27-9-11(7-16(27)28)18-25-17(26-29-18)10-2-1-3-12(6-10)19(22,23)24/h1-6,8,11H,7,9H2. The maximum absolute atomic E-state index is 14.1. The van der Waals surface area contributed by atoms with Gasteiger partial charge in [-0.2, -0.15) is 18.2 Å². The Morgan fingerprint density at radius 2 is 1.97 bits per heavy atom. The van der Waals surface area contributed by atoms with Crippen LogP contribution >= 0.6 is 11.6 Å². The summed E-state index contributed by atoms with van der Waals surface area (Å²) in [6.07, 6.45) is -4.49. The summed E-state index contributed by atoms with van der Waals surface area (Å²) in [5.41, 5.74) is -0.610. The Bertz CT molecular complexity index is 1080. The summed E-state index contributed by atoms with van der Waals surface area (Å²) in [5.74, 6) is -1.40. The van der Waals surface area contributed by atoms with Crippen molar-refractivity contribution < 1.29 is 26.9 Å². The lowest BCUT2D eigenvalue weighted by molar-refractivity contribution is -0.137. The first kappa shape index (κ1) is 19.4. The molecule has 3 aromatic rings. The van der Waals surface area contributed by atoms with Gasteiger partial charge < -0.3 is 9.42 Å². The summed E-state index contributed by atoms with van der Waals surface area (Å²) in [6, 6.07) is 8.52. The van der Waals surface area contributed by atoms with Crippen molar-refractivity contribution in [2.24, 2.45) is 0 Å². The van der Waals surface area contributed by atoms with E-state index >= 15 is 0 Å². The zero-order chi connectivity index (χ0) is 20.8. The van der Waals surface area contributed by atoms with E-state index in [0.717, 1.165) is 18.2 Å². The van der Waals surface area contributed by atoms with E-state index in [9.17, 15) is 22.4 Å². The van der Waals surface area contributed by atoms with Crippen LogP contribution in [0.2, 0.25) is 5.02 Å². The van der Waals surface area contributed by atoms with Crippen molar-refractivity contribution in [3.63, 3.8) is 0 Å². The highest BCUT2D eigenvalue weighted by atomic mass is 35.5. The average Bonchev–Trinajstić information content (AvgIpc) is 3.28. The van der Waals surface area contributed by atoms with Crippen molar-refractivity contribution in [3.05, 3.63) is 64.8 Å². The molecule has 0 N–H and O–H groups in total. The molecule has 4 rings (SSSR count). The number of alkyl halides is 3. The molecular formula is C19H12ClF4N3O2. The van der Waals surface area contributed by atoms with Crippen LogP contribution < -0.4 is 4.90 Å². The molecular weight excluding hydrogens is 414 g/mol. The third-order valence-electron chi connectivity index (χ3n) is 4.56. The lowest BCUT2D eigenvalue weighted by atomic mass is 10.1. The van der Waals surface area contributed by atoms with E-state index in [2.05, 4.69) is 10.1 Å². The summed E-state index contributed by atoms with van der Waals surface area (Å²) >= 11 is 5.74. The number of nitrogens with zero attached hydrogens (tertiary/aromatic N) is 3. The molecule has 5 nitrogen and oxygen atoms in total. The van der Waals surface area contributed by atoms with Crippen molar-refractivity contribution in [2.75, 3.05) is 11.4 Å². The topological polar surface area (TPSA) is 59.2 Å². The summed E-state index contributed by atoms with van der Waals surface area (Å²) in [4.78, 5) is 17.7. The van der Waals surface area contributed by atoms with Crippen molar-refractivity contribution >= 4 is 23.2 Å². The first-order valence-electron chi connectivity index (χ1n) is 8.49. The number of hydrogen-bond donors (Lipinski definition) is 0. The van der Waals surface area contributed by atoms with E-state index in [1.54, 1.807) is 0 Å². The Morgan fingerprint density at radius 3 is 2.69 bits per heavy atom. The number of rotatable bonds is 3. The van der Waals surface area contributed by atoms with Gasteiger partial charge in [0.15, 0.2) is 0 Å². The van der Waals surface area contributed by atoms with Gasteiger partial charge in [0.1, 0.15) is 5.82 Å². The van der Waals surface area contributed by atoms with Gasteiger partial charge in [-0.1, -0.05) is 28.9 Å². The molecule has 29 heavy (non-hydrogen) atoms. The van der Waals surface area contributed by atoms with E-state index in [1.165, 1.54) is 29.2 Å². The van der Waals surface area contributed by atoms with Crippen LogP contribution in [0.15, 0.2) is 47.0 Å². The van der Waals surface area contributed by atoms with Gasteiger partial charge in [-0.3, -0.25) is 4.79 Å². The molecule has 1 aromatic heterocycles. The highest BCUT2D eigenvalue weighted by molar-refractivity contribution is 6.30. The minimum atomic E-state index is -4.50. The first-order chi connectivity index (χ1) is 13.7. The summed E-state index contributed by atoms with van der Waals surface area (Å²) in [5, 5.41) is 3.94. The number of benzene rings is 2. The molecule has 0 radical (unpaired) electrons. The smallest absolute Gasteiger partial charge is 0.339 e. The Labute approximate surface area is 166 Å². The second-order valence-corrected chi connectivity index (χ2v) is 6.97. The van der Waals surface area contributed by atoms with Crippen LogP contribution in [0.4, 0.5) is 23.2 Å². The van der Waals surface area contributed by atoms with Gasteiger partial charge in [-0.05, 0) is 30.3 Å². The van der Waals surface area contributed by atoms with E-state index < -0.39 is 23.5 Å². The number of anilines is 1. The number of carbonyl (C=O) groups is 1. The van der Waals surface area contributed by atoms with Crippen LogP contribution in [0.1, 0.15) is 23.8 Å². The van der Waals surface area contributed by atoms with Gasteiger partial charge in [-0.15, -0.1) is 0 Å². The van der Waals surface area contributed by atoms with Gasteiger partial charge in [-0.25, -0.2) is 4.39 Å². The predicted molar refractivity (Wildman–Crippen MR) is 95.9 cm³/mol. The molecule has 1 aliphatic rings. The Hall–Kier alpha value is -2.94. The highest BCUT2D eigenvalue weighted by Crippen LogP contribution is 2.35. The molecule has 0 bridgehead atoms. The van der Waals surface area contributed by atoms with E-state index in [1.807, 2.05) is 0 Å². The summed E-state index contributed by atoms with van der Waals surface area (Å²) in [7, 11) is 0. The van der Waals surface area contributed by atoms with Crippen molar-refractivity contribution in [1.29, 1.82) is 0 Å². The maximum Gasteiger partial charge on any atom is 0.416 e. The SMILES string of the molecule is O=C1CC(c2nc(-c3cccc(C(F)(F)F)c3)no2)CN1c1ccc(Cl)cc1F. The molecule has 1 unspecified atom stereocenters. The number of halogens is 5. The van der Waals surface area contributed by atoms with Gasteiger partial charge in [0.05, 0.1) is 17.2 Å². The van der Waals surface area contributed by atoms with Gasteiger partial charge in [0.2, 0.25) is 17.6 Å². The normalized spacial score (nSPS) is 17.2. The lowest BCUT2D eigenvalue weighted by Crippen LogP contribution is -2.25. The Kier molecular flexibility index (Phi) is 4.77. The van der Waals surface area contributed by atoms with Gasteiger partial charge in [0, 0.05) is 23.6 Å². The number of carbonyl (C=O) groups excluding carboxylic acids is 1. The molecule has 0 aliphatic carbocycles. The fourth-order valence-electron chi connectivity index (χ4n) is 3.16. The van der Waals surface area contributed by atoms with Crippen LogP contribution in [-0.4, -0.2) is 22.6 Å². The highest BCUT2D eigenvalue weighted by Gasteiger charge is 2.36. The van der Waals surface area contributed by atoms with Crippen LogP contribution in [0.3, 0.4) is 0 Å². The van der Waals surface area contributed by atoms with Crippen LogP contribution in [0.25, 0.3) is 11.4 Å². The Morgan fingerprint density at radius 1 is 1.17 bits per heavy atom. The monoisotopic (exact) mass is 425 g/mol. The number of amides is 1. The average molecular weight is 426 g/mol. The Balaban J connectivity index is 1.57. The minimum absolute atomic E-state index is 0.00624. The van der Waals surface area contributed by atoms with Crippen molar-refractivity contribution in [2.45, 2.75) is 18.5 Å². The molecule has 2 aromatic carbocycles.